The fraction of sp³-hybridized carbons (Fsp3) is 0.375. The summed E-state index contributed by atoms with van der Waals surface area (Å²) in [7, 11) is 0. The van der Waals surface area contributed by atoms with E-state index in [2.05, 4.69) is 11.6 Å². The van der Waals surface area contributed by atoms with Crippen molar-refractivity contribution in [3.63, 3.8) is 0 Å². The second-order valence-corrected chi connectivity index (χ2v) is 2.31. The van der Waals surface area contributed by atoms with Gasteiger partial charge in [-0.05, 0) is 6.42 Å². The van der Waals surface area contributed by atoms with Crippen LogP contribution >= 0.6 is 0 Å². The summed E-state index contributed by atoms with van der Waals surface area (Å²) in [6.07, 6.45) is 8.15. The molecule has 1 saturated carbocycles. The molecule has 0 aromatic carbocycles. The van der Waals surface area contributed by atoms with Crippen LogP contribution < -0.4 is 0 Å². The van der Waals surface area contributed by atoms with Crippen molar-refractivity contribution in [1.82, 2.24) is 0 Å². The van der Waals surface area contributed by atoms with Gasteiger partial charge in [-0.25, -0.2) is 9.79 Å². The number of hydrogen-bond donors (Lipinski definition) is 0. The zero-order valence-electron chi connectivity index (χ0n) is 5.66. The van der Waals surface area contributed by atoms with Crippen molar-refractivity contribution >= 4 is 6.08 Å². The standard InChI is InChI=1S/C8H9NO/c1-2-3-4-7-5-8(7)9-6-10/h2-4,7-8H,1,5H2/b4-3+. The molecule has 2 nitrogen and oxygen atoms in total. The van der Waals surface area contributed by atoms with Crippen LogP contribution in [0.25, 0.3) is 0 Å². The molecular weight excluding hydrogens is 126 g/mol. The smallest absolute Gasteiger partial charge is 0.211 e. The number of aliphatic imine (C=N–C) groups is 1. The highest BCUT2D eigenvalue weighted by Gasteiger charge is 2.34. The zero-order valence-corrected chi connectivity index (χ0v) is 5.66. The Morgan fingerprint density at radius 1 is 1.70 bits per heavy atom. The first-order chi connectivity index (χ1) is 4.88. The molecule has 1 aliphatic rings. The Bertz CT molecular complexity index is 201. The van der Waals surface area contributed by atoms with E-state index >= 15 is 0 Å². The van der Waals surface area contributed by atoms with E-state index in [4.69, 9.17) is 0 Å². The van der Waals surface area contributed by atoms with Gasteiger partial charge in [-0.15, -0.1) is 0 Å². The van der Waals surface area contributed by atoms with Gasteiger partial charge in [0.2, 0.25) is 6.08 Å². The molecule has 0 aliphatic heterocycles. The van der Waals surface area contributed by atoms with Crippen LogP contribution in [-0.4, -0.2) is 12.1 Å². The third-order valence-electron chi connectivity index (χ3n) is 1.52. The Labute approximate surface area is 60.0 Å². The van der Waals surface area contributed by atoms with Crippen molar-refractivity contribution in [2.45, 2.75) is 12.5 Å². The quantitative estimate of drug-likeness (QED) is 0.327. The van der Waals surface area contributed by atoms with Gasteiger partial charge in [-0.3, -0.25) is 0 Å². The van der Waals surface area contributed by atoms with Crippen LogP contribution in [-0.2, 0) is 4.79 Å². The van der Waals surface area contributed by atoms with E-state index < -0.39 is 0 Å². The third-order valence-corrected chi connectivity index (χ3v) is 1.52. The zero-order chi connectivity index (χ0) is 7.40. The molecular formula is C8H9NO. The lowest BCUT2D eigenvalue weighted by atomic mass is 10.3. The molecule has 0 bridgehead atoms. The lowest BCUT2D eigenvalue weighted by Gasteiger charge is -1.78. The lowest BCUT2D eigenvalue weighted by Crippen LogP contribution is -1.77. The summed E-state index contributed by atoms with van der Waals surface area (Å²) >= 11 is 0. The average Bonchev–Trinajstić information content (AvgIpc) is 2.65. The van der Waals surface area contributed by atoms with Crippen molar-refractivity contribution in [3.8, 4) is 0 Å². The Morgan fingerprint density at radius 2 is 2.50 bits per heavy atom. The van der Waals surface area contributed by atoms with Crippen molar-refractivity contribution in [1.29, 1.82) is 0 Å². The highest BCUT2D eigenvalue weighted by atomic mass is 16.1. The summed E-state index contributed by atoms with van der Waals surface area (Å²) in [6, 6.07) is 0.202. The predicted octanol–water partition coefficient (Wildman–Crippen LogP) is 1.45. The topological polar surface area (TPSA) is 29.4 Å². The minimum absolute atomic E-state index is 0.202. The molecule has 1 fully saturated rings. The Morgan fingerprint density at radius 3 is 3.10 bits per heavy atom. The summed E-state index contributed by atoms with van der Waals surface area (Å²) in [5, 5.41) is 0. The third kappa shape index (κ3) is 1.67. The predicted molar refractivity (Wildman–Crippen MR) is 39.4 cm³/mol. The Balaban J connectivity index is 2.31. The molecule has 52 valence electrons. The number of carbonyl (C=O) groups excluding carboxylic acids is 1. The number of nitrogens with zero attached hydrogens (tertiary/aromatic N) is 1. The highest BCUT2D eigenvalue weighted by Crippen LogP contribution is 2.34. The van der Waals surface area contributed by atoms with Gasteiger partial charge in [0.1, 0.15) is 0 Å². The summed E-state index contributed by atoms with van der Waals surface area (Å²) < 4.78 is 0. The molecule has 0 heterocycles. The molecule has 0 aromatic rings. The van der Waals surface area contributed by atoms with E-state index in [1.165, 1.54) is 0 Å². The summed E-state index contributed by atoms with van der Waals surface area (Å²) in [6.45, 7) is 3.54. The summed E-state index contributed by atoms with van der Waals surface area (Å²) in [5.74, 6) is 0.458. The van der Waals surface area contributed by atoms with Crippen molar-refractivity contribution in [2.24, 2.45) is 10.9 Å². The van der Waals surface area contributed by atoms with E-state index in [-0.39, 0.29) is 6.04 Å². The van der Waals surface area contributed by atoms with Gasteiger partial charge < -0.3 is 0 Å². The van der Waals surface area contributed by atoms with E-state index in [0.29, 0.717) is 5.92 Å². The maximum atomic E-state index is 9.74. The number of allylic oxidation sites excluding steroid dienone is 2. The highest BCUT2D eigenvalue weighted by molar-refractivity contribution is 5.35. The van der Waals surface area contributed by atoms with E-state index in [1.54, 1.807) is 12.2 Å². The number of isocyanates is 1. The maximum absolute atomic E-state index is 9.74. The molecule has 0 aromatic heterocycles. The van der Waals surface area contributed by atoms with Crippen molar-refractivity contribution in [2.75, 3.05) is 0 Å². The van der Waals surface area contributed by atoms with Crippen molar-refractivity contribution in [3.05, 3.63) is 24.8 Å². The molecule has 2 unspecified atom stereocenters. The molecule has 2 heteroatoms. The van der Waals surface area contributed by atoms with Crippen LogP contribution in [0.4, 0.5) is 0 Å². The van der Waals surface area contributed by atoms with Gasteiger partial charge in [-0.1, -0.05) is 24.8 Å². The first-order valence-electron chi connectivity index (χ1n) is 3.24. The number of rotatable bonds is 3. The normalized spacial score (nSPS) is 29.6. The fourth-order valence-corrected chi connectivity index (χ4v) is 0.845. The average molecular weight is 135 g/mol. The van der Waals surface area contributed by atoms with Gasteiger partial charge in [0.05, 0.1) is 6.04 Å². The molecule has 0 spiro atoms. The number of hydrogen-bond acceptors (Lipinski definition) is 2. The first kappa shape index (κ1) is 6.97. The largest absolute Gasteiger partial charge is 0.235 e. The SMILES string of the molecule is C=C/C=C/C1CC1N=C=O. The summed E-state index contributed by atoms with van der Waals surface area (Å²) in [4.78, 5) is 13.3. The lowest BCUT2D eigenvalue weighted by molar-refractivity contribution is 0.562. The molecule has 0 radical (unpaired) electrons. The molecule has 10 heavy (non-hydrogen) atoms. The van der Waals surface area contributed by atoms with Crippen LogP contribution in [0.15, 0.2) is 29.8 Å². The second kappa shape index (κ2) is 3.14. The van der Waals surface area contributed by atoms with E-state index in [9.17, 15) is 4.79 Å². The minimum Gasteiger partial charge on any atom is -0.211 e. The van der Waals surface area contributed by atoms with Crippen LogP contribution in [0.1, 0.15) is 6.42 Å². The van der Waals surface area contributed by atoms with Gasteiger partial charge in [0, 0.05) is 5.92 Å². The Kier molecular flexibility index (Phi) is 2.19. The second-order valence-electron chi connectivity index (χ2n) is 2.31. The van der Waals surface area contributed by atoms with Crippen molar-refractivity contribution < 1.29 is 4.79 Å². The first-order valence-corrected chi connectivity index (χ1v) is 3.24. The fourth-order valence-electron chi connectivity index (χ4n) is 0.845. The van der Waals surface area contributed by atoms with Gasteiger partial charge in [0.25, 0.3) is 0 Å². The van der Waals surface area contributed by atoms with Gasteiger partial charge >= 0.3 is 0 Å². The van der Waals surface area contributed by atoms with Crippen LogP contribution in [0.2, 0.25) is 0 Å². The van der Waals surface area contributed by atoms with Crippen LogP contribution in [0.3, 0.4) is 0 Å². The molecule has 1 aliphatic carbocycles. The monoisotopic (exact) mass is 135 g/mol. The summed E-state index contributed by atoms with van der Waals surface area (Å²) in [5.41, 5.74) is 0. The van der Waals surface area contributed by atoms with Gasteiger partial charge in [0.15, 0.2) is 0 Å². The van der Waals surface area contributed by atoms with Gasteiger partial charge in [-0.2, -0.15) is 0 Å². The van der Waals surface area contributed by atoms with E-state index in [1.807, 2.05) is 12.2 Å². The van der Waals surface area contributed by atoms with E-state index in [0.717, 1.165) is 6.42 Å². The van der Waals surface area contributed by atoms with Crippen LogP contribution in [0.5, 0.6) is 0 Å². The maximum Gasteiger partial charge on any atom is 0.235 e. The van der Waals surface area contributed by atoms with Crippen LogP contribution in [0, 0.1) is 5.92 Å². The minimum atomic E-state index is 0.202. The Hall–Kier alpha value is -1.14. The molecule has 0 N–H and O–H groups in total. The molecule has 0 amide bonds. The molecule has 2 atom stereocenters. The molecule has 0 saturated heterocycles. The molecule has 1 rings (SSSR count).